The highest BCUT2D eigenvalue weighted by atomic mass is 14.0. The van der Waals surface area contributed by atoms with Crippen LogP contribution in [0.1, 0.15) is 403 Å². The Kier molecular flexibility index (Phi) is 149. The van der Waals surface area contributed by atoms with Gasteiger partial charge in [-0.05, 0) is 11.8 Å². The van der Waals surface area contributed by atoms with E-state index in [0.29, 0.717) is 0 Å². The molecule has 10 saturated carbocycles. The van der Waals surface area contributed by atoms with E-state index in [1.54, 1.807) is 0 Å². The summed E-state index contributed by atoms with van der Waals surface area (Å²) in [7, 11) is 0. The maximum absolute atomic E-state index is 2.17. The van der Waals surface area contributed by atoms with E-state index in [0.717, 1.165) is 11.8 Å². The first kappa shape index (κ1) is 86.2. The van der Waals surface area contributed by atoms with Crippen molar-refractivity contribution in [3.8, 4) is 0 Å². The molecule has 0 amide bonds. The van der Waals surface area contributed by atoms with Crippen LogP contribution in [0.25, 0.3) is 0 Å². The minimum atomic E-state index is 0. The lowest BCUT2D eigenvalue weighted by molar-refractivity contribution is 0.504. The van der Waals surface area contributed by atoms with E-state index in [1.807, 2.05) is 96.9 Å². The molecule has 10 rings (SSSR count). The van der Waals surface area contributed by atoms with Crippen molar-refractivity contribution in [3.63, 3.8) is 0 Å². The van der Waals surface area contributed by atoms with E-state index >= 15 is 0 Å². The molecule has 10 fully saturated rings. The van der Waals surface area contributed by atoms with E-state index < -0.39 is 0 Å². The van der Waals surface area contributed by atoms with Crippen molar-refractivity contribution in [1.29, 1.82) is 0 Å². The zero-order valence-corrected chi connectivity index (χ0v) is 49.4. The maximum Gasteiger partial charge on any atom is -0.0500 e. The van der Waals surface area contributed by atoms with E-state index in [2.05, 4.69) is 41.5 Å². The van der Waals surface area contributed by atoms with Crippen molar-refractivity contribution in [2.75, 3.05) is 0 Å². The molecule has 0 atom stereocenters. The first-order valence-electron chi connectivity index (χ1n) is 30.5. The summed E-state index contributed by atoms with van der Waals surface area (Å²) in [6, 6.07) is 0. The predicted molar refractivity (Wildman–Crippen MR) is 312 cm³/mol. The van der Waals surface area contributed by atoms with E-state index in [4.69, 9.17) is 0 Å². The van der Waals surface area contributed by atoms with Gasteiger partial charge in [-0.25, -0.2) is 0 Å². The second-order valence-electron chi connectivity index (χ2n) is 17.6. The summed E-state index contributed by atoms with van der Waals surface area (Å²) < 4.78 is 0. The Hall–Kier alpha value is 0. The van der Waals surface area contributed by atoms with Crippen molar-refractivity contribution in [2.24, 2.45) is 11.8 Å². The monoisotopic (exact) mass is 903 g/mol. The van der Waals surface area contributed by atoms with Crippen LogP contribution in [0.4, 0.5) is 0 Å². The standard InChI is InChI=1S/10C4H8.2C4H10.7C2H6.CH4/c10*1-2-4-3-1;2*1-4(2)3;7*1-2;/h10*1-4H2;2*4H,1-3H3;7*1-2H3;1H4. The molecule has 0 nitrogen and oxygen atoms in total. The molecule has 0 bridgehead atoms. The van der Waals surface area contributed by atoms with Gasteiger partial charge in [0.15, 0.2) is 0 Å². The minimum absolute atomic E-state index is 0. The quantitative estimate of drug-likeness (QED) is 0.227. The third-order valence-corrected chi connectivity index (χ3v) is 10.00. The van der Waals surface area contributed by atoms with Crippen LogP contribution in [-0.4, -0.2) is 0 Å². The molecule has 398 valence electrons. The zero-order valence-electron chi connectivity index (χ0n) is 49.4. The molecule has 0 aromatic carbocycles. The molecule has 63 heavy (non-hydrogen) atoms. The van der Waals surface area contributed by atoms with Gasteiger partial charge in [-0.15, -0.1) is 0 Å². The fraction of sp³-hybridized carbons (Fsp3) is 1.00. The summed E-state index contributed by atoms with van der Waals surface area (Å²) in [6.07, 6.45) is 60.0. The fourth-order valence-electron chi connectivity index (χ4n) is 2.50. The normalized spacial score (nSPS) is 17.0. The Labute approximate surface area is 412 Å². The summed E-state index contributed by atoms with van der Waals surface area (Å²) in [6.45, 7) is 41.0. The Morgan fingerprint density at radius 2 is 0.143 bits per heavy atom. The first-order valence-corrected chi connectivity index (χ1v) is 30.5. The molecule has 0 unspecified atom stereocenters. The SMILES string of the molecule is C.C1CCC1.C1CCC1.C1CCC1.C1CCC1.C1CCC1.C1CCC1.C1CCC1.C1CCC1.C1CCC1.C1CCC1.CC.CC.CC.CC.CC.CC.CC.CC(C)C.CC(C)C. The second-order valence-corrected chi connectivity index (χ2v) is 17.6. The van der Waals surface area contributed by atoms with Crippen LogP contribution < -0.4 is 0 Å². The van der Waals surface area contributed by atoms with Gasteiger partial charge in [-0.1, -0.05) is 403 Å². The number of hydrogen-bond donors (Lipinski definition) is 0. The Bertz CT molecular complexity index is 280. The van der Waals surface area contributed by atoms with E-state index in [-0.39, 0.29) is 7.43 Å². The van der Waals surface area contributed by atoms with Crippen LogP contribution in [0.2, 0.25) is 0 Å². The van der Waals surface area contributed by atoms with Crippen LogP contribution >= 0.6 is 0 Å². The summed E-state index contributed by atoms with van der Waals surface area (Å²) >= 11 is 0. The van der Waals surface area contributed by atoms with Gasteiger partial charge in [0.1, 0.15) is 0 Å². The highest BCUT2D eigenvalue weighted by molar-refractivity contribution is 4.54. The van der Waals surface area contributed by atoms with Crippen molar-refractivity contribution < 1.29 is 0 Å². The van der Waals surface area contributed by atoms with E-state index in [1.165, 1.54) is 257 Å². The largest absolute Gasteiger partial charge is 0.0776 e. The van der Waals surface area contributed by atoms with Gasteiger partial charge in [0, 0.05) is 0 Å². The molecule has 0 aromatic rings. The van der Waals surface area contributed by atoms with Crippen LogP contribution in [0.15, 0.2) is 0 Å². The molecule has 0 aromatic heterocycles. The van der Waals surface area contributed by atoms with Crippen LogP contribution in [0, 0.1) is 11.8 Å². The predicted octanol–water partition coefficient (Wildman–Crippen LogP) is 26.7. The van der Waals surface area contributed by atoms with Gasteiger partial charge < -0.3 is 0 Å². The number of hydrogen-bond acceptors (Lipinski definition) is 0. The van der Waals surface area contributed by atoms with Crippen LogP contribution in [-0.2, 0) is 0 Å². The van der Waals surface area contributed by atoms with Crippen molar-refractivity contribution in [2.45, 2.75) is 403 Å². The molecular formula is C63H146. The maximum atomic E-state index is 2.17. The molecule has 10 aliphatic carbocycles. The smallest absolute Gasteiger partial charge is 0.0500 e. The number of rotatable bonds is 0. The first-order chi connectivity index (χ1) is 30.5. The summed E-state index contributed by atoms with van der Waals surface area (Å²) in [5.41, 5.74) is 0. The molecule has 0 heterocycles. The molecule has 0 radical (unpaired) electrons. The van der Waals surface area contributed by atoms with Gasteiger partial charge in [-0.3, -0.25) is 0 Å². The molecule has 0 spiro atoms. The molecule has 0 aliphatic heterocycles. The van der Waals surface area contributed by atoms with Crippen molar-refractivity contribution in [1.82, 2.24) is 0 Å². The topological polar surface area (TPSA) is 0 Å². The lowest BCUT2D eigenvalue weighted by atomic mass is 10.0. The van der Waals surface area contributed by atoms with Crippen LogP contribution in [0.5, 0.6) is 0 Å². The van der Waals surface area contributed by atoms with Gasteiger partial charge in [-0.2, -0.15) is 0 Å². The molecule has 10 aliphatic rings. The van der Waals surface area contributed by atoms with Gasteiger partial charge in [0.05, 0.1) is 0 Å². The highest BCUT2D eigenvalue weighted by Crippen LogP contribution is 2.18. The molecule has 0 N–H and O–H groups in total. The third-order valence-electron chi connectivity index (χ3n) is 10.00. The average Bonchev–Trinajstić information content (AvgIpc) is 2.99. The third kappa shape index (κ3) is 140. The van der Waals surface area contributed by atoms with Gasteiger partial charge >= 0.3 is 0 Å². The van der Waals surface area contributed by atoms with Crippen molar-refractivity contribution >= 4 is 0 Å². The Morgan fingerprint density at radius 3 is 0.143 bits per heavy atom. The lowest BCUT2D eigenvalue weighted by Gasteiger charge is -2.05. The molecule has 0 saturated heterocycles. The second kappa shape index (κ2) is 109. The van der Waals surface area contributed by atoms with Crippen LogP contribution in [0.3, 0.4) is 0 Å². The van der Waals surface area contributed by atoms with E-state index in [9.17, 15) is 0 Å². The van der Waals surface area contributed by atoms with Gasteiger partial charge in [0.2, 0.25) is 0 Å². The summed E-state index contributed by atoms with van der Waals surface area (Å²) in [4.78, 5) is 0. The average molecular weight is 904 g/mol. The fourth-order valence-corrected chi connectivity index (χ4v) is 2.50. The summed E-state index contributed by atoms with van der Waals surface area (Å²) in [5, 5.41) is 0. The molecule has 0 heteroatoms. The highest BCUT2D eigenvalue weighted by Gasteiger charge is 1.99. The Morgan fingerprint density at radius 1 is 0.127 bits per heavy atom. The summed E-state index contributed by atoms with van der Waals surface area (Å²) in [5.74, 6) is 1.67. The zero-order chi connectivity index (χ0) is 49.4. The Balaban J connectivity index is -0.0000000593. The van der Waals surface area contributed by atoms with Crippen molar-refractivity contribution in [3.05, 3.63) is 0 Å². The van der Waals surface area contributed by atoms with Gasteiger partial charge in [0.25, 0.3) is 0 Å². The molecular weight excluding hydrogens is 757 g/mol. The minimum Gasteiger partial charge on any atom is -0.0776 e. The lowest BCUT2D eigenvalue weighted by Crippen LogP contribution is -1.85.